The highest BCUT2D eigenvalue weighted by atomic mass is 16.6. The fraction of sp³-hybridized carbons (Fsp3) is 0.533. The Morgan fingerprint density at radius 2 is 1.81 bits per heavy atom. The van der Waals surface area contributed by atoms with E-state index in [2.05, 4.69) is 10.6 Å². The molecule has 0 radical (unpaired) electrons. The van der Waals surface area contributed by atoms with Gasteiger partial charge in [0.05, 0.1) is 5.56 Å². The highest BCUT2D eigenvalue weighted by Gasteiger charge is 2.16. The van der Waals surface area contributed by atoms with Crippen LogP contribution in [0.15, 0.2) is 18.2 Å². The maximum absolute atomic E-state index is 11.4. The van der Waals surface area contributed by atoms with Gasteiger partial charge in [0.2, 0.25) is 0 Å². The minimum absolute atomic E-state index is 0.0371. The van der Waals surface area contributed by atoms with Crippen LogP contribution >= 0.6 is 0 Å². The third-order valence-corrected chi connectivity index (χ3v) is 2.74. The second kappa shape index (κ2) is 7.17. The van der Waals surface area contributed by atoms with Crippen LogP contribution in [0.3, 0.4) is 0 Å². The van der Waals surface area contributed by atoms with E-state index in [-0.39, 0.29) is 17.5 Å². The van der Waals surface area contributed by atoms with Crippen molar-refractivity contribution in [2.45, 2.75) is 39.3 Å². The Morgan fingerprint density at radius 1 is 1.24 bits per heavy atom. The van der Waals surface area contributed by atoms with Gasteiger partial charge in [-0.1, -0.05) is 6.07 Å². The molecule has 1 atom stereocenters. The average molecular weight is 296 g/mol. The minimum atomic E-state index is -0.521. The molecule has 0 spiro atoms. The van der Waals surface area contributed by atoms with Gasteiger partial charge in [-0.15, -0.1) is 0 Å². The Morgan fingerprint density at radius 3 is 2.33 bits per heavy atom. The van der Waals surface area contributed by atoms with Crippen molar-refractivity contribution in [1.29, 1.82) is 0 Å². The largest absolute Gasteiger partial charge is 0.507 e. The van der Waals surface area contributed by atoms with Crippen molar-refractivity contribution < 1.29 is 19.7 Å². The van der Waals surface area contributed by atoms with Crippen molar-refractivity contribution >= 4 is 6.09 Å². The van der Waals surface area contributed by atoms with Crippen LogP contribution in [0.4, 0.5) is 4.79 Å². The van der Waals surface area contributed by atoms with Gasteiger partial charge in [0.15, 0.2) is 0 Å². The summed E-state index contributed by atoms with van der Waals surface area (Å²) in [6.45, 7) is 8.08. The first kappa shape index (κ1) is 17.1. The predicted octanol–water partition coefficient (Wildman–Crippen LogP) is 2.27. The average Bonchev–Trinajstić information content (AvgIpc) is 2.32. The lowest BCUT2D eigenvalue weighted by Gasteiger charge is -2.20. The Hall–Kier alpha value is -1.95. The molecule has 0 aliphatic rings. The molecule has 1 rings (SSSR count). The zero-order valence-corrected chi connectivity index (χ0v) is 12.9. The molecule has 1 aromatic rings. The molecule has 21 heavy (non-hydrogen) atoms. The fourth-order valence-electron chi connectivity index (χ4n) is 1.85. The van der Waals surface area contributed by atoms with Gasteiger partial charge in [-0.3, -0.25) is 0 Å². The molecule has 0 aliphatic carbocycles. The number of hydrogen-bond acceptors (Lipinski definition) is 5. The van der Waals surface area contributed by atoms with Crippen molar-refractivity contribution in [1.82, 2.24) is 10.6 Å². The molecule has 118 valence electrons. The zero-order chi connectivity index (χ0) is 16.0. The van der Waals surface area contributed by atoms with Gasteiger partial charge < -0.3 is 25.6 Å². The topological polar surface area (TPSA) is 90.8 Å². The number of aromatic hydroxyl groups is 2. The van der Waals surface area contributed by atoms with Crippen LogP contribution in [-0.4, -0.2) is 35.0 Å². The van der Waals surface area contributed by atoms with E-state index in [1.165, 1.54) is 12.1 Å². The van der Waals surface area contributed by atoms with E-state index >= 15 is 0 Å². The molecule has 0 fully saturated rings. The van der Waals surface area contributed by atoms with E-state index in [4.69, 9.17) is 4.74 Å². The summed E-state index contributed by atoms with van der Waals surface area (Å²) in [6.07, 6.45) is -0.470. The number of phenols is 2. The van der Waals surface area contributed by atoms with E-state index in [9.17, 15) is 15.0 Å². The number of carbonyl (C=O) groups is 1. The summed E-state index contributed by atoms with van der Waals surface area (Å²) in [5, 5.41) is 25.2. The minimum Gasteiger partial charge on any atom is -0.507 e. The standard InChI is InChI=1S/C15H24N2O4/c1-10(13-11(18)6-5-7-12(13)19)16-8-9-17-14(20)21-15(2,3)4/h5-7,10,16,18-19H,8-9H2,1-4H3,(H,17,20). The number of carbonyl (C=O) groups excluding carboxylic acids is 1. The monoisotopic (exact) mass is 296 g/mol. The first-order valence-electron chi connectivity index (χ1n) is 6.92. The molecular weight excluding hydrogens is 272 g/mol. The summed E-state index contributed by atoms with van der Waals surface area (Å²) in [5.41, 5.74) is -0.0818. The summed E-state index contributed by atoms with van der Waals surface area (Å²) >= 11 is 0. The predicted molar refractivity (Wildman–Crippen MR) is 80.4 cm³/mol. The number of nitrogens with one attached hydrogen (secondary N) is 2. The number of benzene rings is 1. The molecule has 6 nitrogen and oxygen atoms in total. The number of phenolic OH excluding ortho intramolecular Hbond substituents is 2. The number of hydrogen-bond donors (Lipinski definition) is 4. The Labute approximate surface area is 125 Å². The van der Waals surface area contributed by atoms with Crippen molar-refractivity contribution in [3.05, 3.63) is 23.8 Å². The molecule has 0 aliphatic heterocycles. The number of amides is 1. The maximum Gasteiger partial charge on any atom is 0.407 e. The SMILES string of the molecule is CC(NCCNC(=O)OC(C)(C)C)c1c(O)cccc1O. The third-order valence-electron chi connectivity index (χ3n) is 2.74. The van der Waals surface area contributed by atoms with Crippen LogP contribution in [0.5, 0.6) is 11.5 Å². The summed E-state index contributed by atoms with van der Waals surface area (Å²) in [6, 6.07) is 4.37. The normalized spacial score (nSPS) is 12.8. The molecule has 4 N–H and O–H groups in total. The summed E-state index contributed by atoms with van der Waals surface area (Å²) in [4.78, 5) is 11.4. The number of rotatable bonds is 5. The lowest BCUT2D eigenvalue weighted by atomic mass is 10.1. The van der Waals surface area contributed by atoms with Crippen LogP contribution in [0, 0.1) is 0 Å². The molecule has 0 bridgehead atoms. The second-order valence-electron chi connectivity index (χ2n) is 5.81. The first-order chi connectivity index (χ1) is 9.70. The van der Waals surface area contributed by atoms with Gasteiger partial charge >= 0.3 is 6.09 Å². The Bertz CT molecular complexity index is 463. The van der Waals surface area contributed by atoms with E-state index in [0.29, 0.717) is 18.7 Å². The summed E-state index contributed by atoms with van der Waals surface area (Å²) < 4.78 is 5.11. The number of alkyl carbamates (subject to hydrolysis) is 1. The quantitative estimate of drug-likeness (QED) is 0.626. The molecule has 0 saturated carbocycles. The highest BCUT2D eigenvalue weighted by Crippen LogP contribution is 2.31. The number of ether oxygens (including phenoxy) is 1. The summed E-state index contributed by atoms with van der Waals surface area (Å²) in [7, 11) is 0. The van der Waals surface area contributed by atoms with E-state index in [1.807, 2.05) is 6.92 Å². The van der Waals surface area contributed by atoms with Crippen molar-refractivity contribution in [2.75, 3.05) is 13.1 Å². The van der Waals surface area contributed by atoms with Crippen LogP contribution in [0.1, 0.15) is 39.3 Å². The molecule has 6 heteroatoms. The van der Waals surface area contributed by atoms with E-state index in [0.717, 1.165) is 0 Å². The van der Waals surface area contributed by atoms with Gasteiger partial charge in [0.25, 0.3) is 0 Å². The van der Waals surface area contributed by atoms with E-state index < -0.39 is 11.7 Å². The van der Waals surface area contributed by atoms with Gasteiger partial charge in [-0.25, -0.2) is 4.79 Å². The molecule has 0 heterocycles. The molecular formula is C15H24N2O4. The van der Waals surface area contributed by atoms with Crippen LogP contribution in [-0.2, 0) is 4.74 Å². The van der Waals surface area contributed by atoms with Gasteiger partial charge in [0, 0.05) is 19.1 Å². The van der Waals surface area contributed by atoms with Crippen molar-refractivity contribution in [3.8, 4) is 11.5 Å². The van der Waals surface area contributed by atoms with Crippen LogP contribution < -0.4 is 10.6 Å². The molecule has 0 aromatic heterocycles. The Balaban J connectivity index is 2.38. The smallest absolute Gasteiger partial charge is 0.407 e. The molecule has 0 saturated heterocycles. The zero-order valence-electron chi connectivity index (χ0n) is 12.9. The van der Waals surface area contributed by atoms with Gasteiger partial charge in [0.1, 0.15) is 17.1 Å². The lowest BCUT2D eigenvalue weighted by molar-refractivity contribution is 0.0528. The maximum atomic E-state index is 11.4. The van der Waals surface area contributed by atoms with Gasteiger partial charge in [-0.05, 0) is 39.8 Å². The molecule has 1 unspecified atom stereocenters. The Kier molecular flexibility index (Phi) is 5.84. The lowest BCUT2D eigenvalue weighted by Crippen LogP contribution is -2.36. The summed E-state index contributed by atoms with van der Waals surface area (Å²) in [5.74, 6) is 0.0743. The van der Waals surface area contributed by atoms with E-state index in [1.54, 1.807) is 26.8 Å². The van der Waals surface area contributed by atoms with Crippen LogP contribution in [0.25, 0.3) is 0 Å². The highest BCUT2D eigenvalue weighted by molar-refractivity contribution is 5.67. The molecule has 1 aromatic carbocycles. The third kappa shape index (κ3) is 5.91. The van der Waals surface area contributed by atoms with Crippen molar-refractivity contribution in [3.63, 3.8) is 0 Å². The van der Waals surface area contributed by atoms with Crippen LogP contribution in [0.2, 0.25) is 0 Å². The fourth-order valence-corrected chi connectivity index (χ4v) is 1.85. The van der Waals surface area contributed by atoms with Crippen molar-refractivity contribution in [2.24, 2.45) is 0 Å². The first-order valence-corrected chi connectivity index (χ1v) is 6.92. The van der Waals surface area contributed by atoms with Gasteiger partial charge in [-0.2, -0.15) is 0 Å². The second-order valence-corrected chi connectivity index (χ2v) is 5.81. The molecule has 1 amide bonds.